The summed E-state index contributed by atoms with van der Waals surface area (Å²) in [4.78, 5) is 27.2. The monoisotopic (exact) mass is 436 g/mol. The highest BCUT2D eigenvalue weighted by atomic mass is 19.1. The van der Waals surface area contributed by atoms with Crippen LogP contribution in [0.3, 0.4) is 0 Å². The van der Waals surface area contributed by atoms with E-state index in [4.69, 9.17) is 4.74 Å². The number of ether oxygens (including phenoxy) is 1. The molecule has 0 aliphatic carbocycles. The van der Waals surface area contributed by atoms with Crippen LogP contribution in [0.5, 0.6) is 5.75 Å². The van der Waals surface area contributed by atoms with Crippen LogP contribution in [0.1, 0.15) is 26.3 Å². The Bertz CT molecular complexity index is 1080. The Morgan fingerprint density at radius 1 is 0.969 bits per heavy atom. The van der Waals surface area contributed by atoms with Crippen LogP contribution in [0.25, 0.3) is 10.8 Å². The molecule has 0 aliphatic rings. The van der Waals surface area contributed by atoms with Crippen LogP contribution in [-0.2, 0) is 16.1 Å². The van der Waals surface area contributed by atoms with E-state index >= 15 is 0 Å². The molecule has 0 saturated heterocycles. The van der Waals surface area contributed by atoms with Gasteiger partial charge in [-0.3, -0.25) is 9.59 Å². The molecule has 0 bridgehead atoms. The minimum Gasteiger partial charge on any atom is -0.483 e. The Labute approximate surface area is 188 Å². The van der Waals surface area contributed by atoms with Gasteiger partial charge < -0.3 is 15.0 Å². The molecular formula is C26H29FN2O3. The van der Waals surface area contributed by atoms with E-state index in [1.807, 2.05) is 50.2 Å². The topological polar surface area (TPSA) is 58.6 Å². The van der Waals surface area contributed by atoms with Crippen molar-refractivity contribution in [2.45, 2.75) is 33.4 Å². The number of rotatable bonds is 9. The van der Waals surface area contributed by atoms with Crippen molar-refractivity contribution in [1.82, 2.24) is 10.2 Å². The summed E-state index contributed by atoms with van der Waals surface area (Å²) in [6, 6.07) is 18.8. The molecule has 1 N–H and O–H groups in total. The third kappa shape index (κ3) is 5.84. The van der Waals surface area contributed by atoms with Gasteiger partial charge in [-0.1, -0.05) is 68.4 Å². The quantitative estimate of drug-likeness (QED) is 0.536. The standard InChI is InChI=1S/C26H29FN2O3/c1-18(2)15-28-26(31)19(3)29(16-21-10-5-7-13-23(21)27)25(30)17-32-24-14-8-11-20-9-4-6-12-22(20)24/h4-14,18-19H,15-17H2,1-3H3,(H,28,31). The summed E-state index contributed by atoms with van der Waals surface area (Å²) >= 11 is 0. The van der Waals surface area contributed by atoms with E-state index < -0.39 is 17.8 Å². The number of carbonyl (C=O) groups excluding carboxylic acids is 2. The van der Waals surface area contributed by atoms with Crippen LogP contribution >= 0.6 is 0 Å². The van der Waals surface area contributed by atoms with Gasteiger partial charge in [0.25, 0.3) is 5.91 Å². The molecule has 0 aliphatic heterocycles. The van der Waals surface area contributed by atoms with Crippen molar-refractivity contribution in [1.29, 1.82) is 0 Å². The number of amides is 2. The normalized spacial score (nSPS) is 11.9. The minimum atomic E-state index is -0.781. The van der Waals surface area contributed by atoms with Crippen molar-refractivity contribution in [3.8, 4) is 5.75 Å². The van der Waals surface area contributed by atoms with Gasteiger partial charge in [0.2, 0.25) is 5.91 Å². The van der Waals surface area contributed by atoms with Gasteiger partial charge in [-0.2, -0.15) is 0 Å². The fourth-order valence-electron chi connectivity index (χ4n) is 3.39. The summed E-state index contributed by atoms with van der Waals surface area (Å²) in [6.45, 7) is 5.84. The molecule has 2 amide bonds. The molecule has 0 spiro atoms. The van der Waals surface area contributed by atoms with Crippen LogP contribution in [0.15, 0.2) is 66.7 Å². The number of hydrogen-bond acceptors (Lipinski definition) is 3. The molecule has 6 heteroatoms. The van der Waals surface area contributed by atoms with E-state index in [2.05, 4.69) is 5.32 Å². The molecule has 0 saturated carbocycles. The lowest BCUT2D eigenvalue weighted by atomic mass is 10.1. The Morgan fingerprint density at radius 3 is 2.41 bits per heavy atom. The van der Waals surface area contributed by atoms with Crippen LogP contribution in [-0.4, -0.2) is 35.9 Å². The summed E-state index contributed by atoms with van der Waals surface area (Å²) in [6.07, 6.45) is 0. The average Bonchev–Trinajstić information content (AvgIpc) is 2.80. The molecule has 3 rings (SSSR count). The zero-order valence-electron chi connectivity index (χ0n) is 18.7. The lowest BCUT2D eigenvalue weighted by Crippen LogP contribution is -2.49. The molecule has 5 nitrogen and oxygen atoms in total. The lowest BCUT2D eigenvalue weighted by Gasteiger charge is -2.29. The van der Waals surface area contributed by atoms with Gasteiger partial charge in [-0.05, 0) is 30.4 Å². The maximum absolute atomic E-state index is 14.3. The van der Waals surface area contributed by atoms with Gasteiger partial charge in [0.05, 0.1) is 0 Å². The molecule has 3 aromatic rings. The maximum Gasteiger partial charge on any atom is 0.261 e. The molecular weight excluding hydrogens is 407 g/mol. The van der Waals surface area contributed by atoms with Gasteiger partial charge in [0.1, 0.15) is 17.6 Å². The lowest BCUT2D eigenvalue weighted by molar-refractivity contribution is -0.142. The molecule has 0 heterocycles. The second kappa shape index (κ2) is 10.8. The van der Waals surface area contributed by atoms with Crippen molar-refractivity contribution in [2.24, 2.45) is 5.92 Å². The molecule has 1 atom stereocenters. The predicted octanol–water partition coefficient (Wildman–Crippen LogP) is 4.55. The molecule has 0 radical (unpaired) electrons. The van der Waals surface area contributed by atoms with Gasteiger partial charge in [-0.15, -0.1) is 0 Å². The molecule has 1 unspecified atom stereocenters. The van der Waals surface area contributed by atoms with Crippen molar-refractivity contribution < 1.29 is 18.7 Å². The van der Waals surface area contributed by atoms with Crippen LogP contribution in [0.4, 0.5) is 4.39 Å². The van der Waals surface area contributed by atoms with Crippen molar-refractivity contribution in [2.75, 3.05) is 13.2 Å². The van der Waals surface area contributed by atoms with E-state index in [0.717, 1.165) is 10.8 Å². The van der Waals surface area contributed by atoms with Crippen molar-refractivity contribution in [3.05, 3.63) is 78.1 Å². The van der Waals surface area contributed by atoms with Gasteiger partial charge in [-0.25, -0.2) is 4.39 Å². The second-order valence-electron chi connectivity index (χ2n) is 8.19. The number of nitrogens with one attached hydrogen (secondary N) is 1. The third-order valence-corrected chi connectivity index (χ3v) is 5.25. The first-order valence-corrected chi connectivity index (χ1v) is 10.8. The summed E-state index contributed by atoms with van der Waals surface area (Å²) in [5, 5.41) is 4.74. The summed E-state index contributed by atoms with van der Waals surface area (Å²) in [7, 11) is 0. The Kier molecular flexibility index (Phi) is 7.82. The van der Waals surface area contributed by atoms with Gasteiger partial charge >= 0.3 is 0 Å². The zero-order chi connectivity index (χ0) is 23.1. The van der Waals surface area contributed by atoms with Crippen molar-refractivity contribution in [3.63, 3.8) is 0 Å². The number of carbonyl (C=O) groups is 2. The highest BCUT2D eigenvalue weighted by Gasteiger charge is 2.27. The Morgan fingerprint density at radius 2 is 1.66 bits per heavy atom. The minimum absolute atomic E-state index is 0.0271. The van der Waals surface area contributed by atoms with E-state index in [1.165, 1.54) is 11.0 Å². The van der Waals surface area contributed by atoms with E-state index in [-0.39, 0.29) is 25.0 Å². The third-order valence-electron chi connectivity index (χ3n) is 5.25. The summed E-state index contributed by atoms with van der Waals surface area (Å²) in [5.74, 6) is -0.243. The Balaban J connectivity index is 1.78. The first kappa shape index (κ1) is 23.3. The first-order chi connectivity index (χ1) is 15.4. The van der Waals surface area contributed by atoms with Crippen LogP contribution in [0, 0.1) is 11.7 Å². The number of hydrogen-bond donors (Lipinski definition) is 1. The average molecular weight is 437 g/mol. The largest absolute Gasteiger partial charge is 0.483 e. The molecule has 0 fully saturated rings. The fraction of sp³-hybridized carbons (Fsp3) is 0.308. The number of halogens is 1. The highest BCUT2D eigenvalue weighted by molar-refractivity contribution is 5.90. The predicted molar refractivity (Wildman–Crippen MR) is 124 cm³/mol. The SMILES string of the molecule is CC(C)CNC(=O)C(C)N(Cc1ccccc1F)C(=O)COc1cccc2ccccc12. The van der Waals surface area contributed by atoms with Crippen molar-refractivity contribution >= 4 is 22.6 Å². The summed E-state index contributed by atoms with van der Waals surface area (Å²) < 4.78 is 20.1. The van der Waals surface area contributed by atoms with Gasteiger partial charge in [0.15, 0.2) is 6.61 Å². The van der Waals surface area contributed by atoms with E-state index in [0.29, 0.717) is 17.9 Å². The summed E-state index contributed by atoms with van der Waals surface area (Å²) in [5.41, 5.74) is 0.342. The van der Waals surface area contributed by atoms with E-state index in [9.17, 15) is 14.0 Å². The first-order valence-electron chi connectivity index (χ1n) is 10.8. The second-order valence-corrected chi connectivity index (χ2v) is 8.19. The molecule has 168 valence electrons. The van der Waals surface area contributed by atoms with Crippen LogP contribution in [0.2, 0.25) is 0 Å². The van der Waals surface area contributed by atoms with Crippen LogP contribution < -0.4 is 10.1 Å². The number of nitrogens with zero attached hydrogens (tertiary/aromatic N) is 1. The number of benzene rings is 3. The maximum atomic E-state index is 14.3. The molecule has 32 heavy (non-hydrogen) atoms. The molecule has 0 aromatic heterocycles. The number of fused-ring (bicyclic) bond motifs is 1. The fourth-order valence-corrected chi connectivity index (χ4v) is 3.39. The Hall–Kier alpha value is -3.41. The van der Waals surface area contributed by atoms with Gasteiger partial charge in [0, 0.05) is 24.0 Å². The van der Waals surface area contributed by atoms with E-state index in [1.54, 1.807) is 31.2 Å². The highest BCUT2D eigenvalue weighted by Crippen LogP contribution is 2.25. The zero-order valence-corrected chi connectivity index (χ0v) is 18.7. The molecule has 3 aromatic carbocycles. The smallest absolute Gasteiger partial charge is 0.261 e.